The molecule has 0 saturated carbocycles. The predicted octanol–water partition coefficient (Wildman–Crippen LogP) is 10.6. The summed E-state index contributed by atoms with van der Waals surface area (Å²) < 4.78 is 4.24. The van der Waals surface area contributed by atoms with Crippen molar-refractivity contribution in [3.63, 3.8) is 0 Å². The van der Waals surface area contributed by atoms with Crippen LogP contribution in [0.2, 0.25) is 0 Å². The van der Waals surface area contributed by atoms with E-state index in [2.05, 4.69) is 181 Å². The van der Waals surface area contributed by atoms with Crippen molar-refractivity contribution in [2.24, 2.45) is 0 Å². The lowest BCUT2D eigenvalue weighted by atomic mass is 9.64. The fourth-order valence-corrected chi connectivity index (χ4v) is 11.7. The highest BCUT2D eigenvalue weighted by Gasteiger charge is 2.57. The van der Waals surface area contributed by atoms with Gasteiger partial charge in [0.2, 0.25) is 12.4 Å². The fourth-order valence-electron chi connectivity index (χ4n) is 11.7. The summed E-state index contributed by atoms with van der Waals surface area (Å²) in [5, 5.41) is 0. The molecule has 0 amide bonds. The molecular formula is C57H38N6+2. The van der Waals surface area contributed by atoms with Crippen molar-refractivity contribution in [3.05, 3.63) is 275 Å². The standard InChI is InChI=1S/C57H38N6/c1-62-30-31-63(37-62)57(50-21-7-4-18-44(50)47-25-29-60-36-53(47)57)41-15-11-13-39(33-41)55(48-19-5-2-16-42(48)45-23-27-58-34-51(45)55)38-12-10-14-40(32-38)56(54-22-8-9-26-61-54)49-20-6-3-17-43(49)46-24-28-59-35-52(46)56/h2-36H,1H3/q+2. The Bertz CT molecular complexity index is 3350. The number of aromatic nitrogens is 4. The molecule has 3 atom stereocenters. The van der Waals surface area contributed by atoms with Crippen LogP contribution in [0.3, 0.4) is 0 Å². The van der Waals surface area contributed by atoms with Gasteiger partial charge in [0.15, 0.2) is 7.05 Å². The first-order valence-electron chi connectivity index (χ1n) is 21.4. The normalized spacial score (nSPS) is 20.5. The lowest BCUT2D eigenvalue weighted by Gasteiger charge is -2.37. The van der Waals surface area contributed by atoms with Gasteiger partial charge in [0.1, 0.15) is 0 Å². The van der Waals surface area contributed by atoms with Crippen molar-refractivity contribution in [3.8, 4) is 33.4 Å². The lowest BCUT2D eigenvalue weighted by Crippen LogP contribution is -2.38. The van der Waals surface area contributed by atoms with Gasteiger partial charge in [-0.2, -0.15) is 0 Å². The second kappa shape index (κ2) is 13.2. The van der Waals surface area contributed by atoms with Crippen molar-refractivity contribution in [2.45, 2.75) is 16.4 Å². The monoisotopic (exact) mass is 806 g/mol. The molecule has 3 unspecified atom stereocenters. The van der Waals surface area contributed by atoms with Crippen LogP contribution in [0.5, 0.6) is 0 Å². The summed E-state index contributed by atoms with van der Waals surface area (Å²) in [5.74, 6) is 0. The molecule has 0 fully saturated rings. The zero-order valence-corrected chi connectivity index (χ0v) is 34.4. The molecule has 0 saturated heterocycles. The Kier molecular flexibility index (Phi) is 7.43. The van der Waals surface area contributed by atoms with E-state index < -0.39 is 16.4 Å². The molecule has 5 aromatic carbocycles. The van der Waals surface area contributed by atoms with Crippen LogP contribution in [-0.2, 0) is 16.4 Å². The molecule has 0 N–H and O–H groups in total. The molecule has 0 spiro atoms. The maximum absolute atomic E-state index is 5.16. The Balaban J connectivity index is 1.14. The van der Waals surface area contributed by atoms with E-state index in [1.807, 2.05) is 54.9 Å². The smallest absolute Gasteiger partial charge is 0.264 e. The topological polar surface area (TPSA) is 57.6 Å². The highest BCUT2D eigenvalue weighted by Crippen LogP contribution is 2.60. The zero-order valence-electron chi connectivity index (χ0n) is 34.4. The number of nitrogens with zero attached hydrogens (tertiary/aromatic N) is 6. The average Bonchev–Trinajstić information content (AvgIpc) is 4.09. The van der Waals surface area contributed by atoms with Gasteiger partial charge in [-0.05, 0) is 109 Å². The van der Waals surface area contributed by atoms with Crippen LogP contribution < -0.4 is 0 Å². The maximum atomic E-state index is 5.16. The third kappa shape index (κ3) is 4.52. The third-order valence-corrected chi connectivity index (χ3v) is 14.1. The van der Waals surface area contributed by atoms with Gasteiger partial charge >= 0.3 is 6.01 Å². The molecule has 4 aromatic heterocycles. The largest absolute Gasteiger partial charge is 0.490 e. The summed E-state index contributed by atoms with van der Waals surface area (Å²) in [5.41, 5.74) is 17.3. The van der Waals surface area contributed by atoms with Crippen molar-refractivity contribution in [1.29, 1.82) is 0 Å². The van der Waals surface area contributed by atoms with E-state index in [9.17, 15) is 0 Å². The zero-order chi connectivity index (χ0) is 41.8. The van der Waals surface area contributed by atoms with Crippen LogP contribution in [0.4, 0.5) is 0 Å². The van der Waals surface area contributed by atoms with E-state index in [-0.39, 0.29) is 0 Å². The summed E-state index contributed by atoms with van der Waals surface area (Å²) in [6.07, 6.45) is 18.0. The summed E-state index contributed by atoms with van der Waals surface area (Å²) in [7, 11) is 2.03. The van der Waals surface area contributed by atoms with Crippen molar-refractivity contribution >= 4 is 6.01 Å². The minimum atomic E-state index is -0.768. The van der Waals surface area contributed by atoms with Gasteiger partial charge in [0, 0.05) is 54.5 Å². The van der Waals surface area contributed by atoms with Crippen LogP contribution in [0, 0.1) is 0 Å². The van der Waals surface area contributed by atoms with Gasteiger partial charge in [-0.1, -0.05) is 130 Å². The number of hydrogen-bond acceptors (Lipinski definition) is 4. The van der Waals surface area contributed by atoms with E-state index in [1.54, 1.807) is 0 Å². The minimum absolute atomic E-state index is 0.732. The Labute approximate surface area is 365 Å². The van der Waals surface area contributed by atoms with Crippen molar-refractivity contribution in [1.82, 2.24) is 19.9 Å². The van der Waals surface area contributed by atoms with Gasteiger partial charge in [-0.25, -0.2) is 0 Å². The van der Waals surface area contributed by atoms with Gasteiger partial charge in [-0.3, -0.25) is 19.9 Å². The summed E-state index contributed by atoms with van der Waals surface area (Å²) in [6, 6.07) is 61.4. The molecule has 63 heavy (non-hydrogen) atoms. The Morgan fingerprint density at radius 2 is 0.873 bits per heavy atom. The highest BCUT2D eigenvalue weighted by molar-refractivity contribution is 5.88. The summed E-state index contributed by atoms with van der Waals surface area (Å²) in [4.78, 5) is 19.6. The van der Waals surface area contributed by atoms with Crippen LogP contribution in [-0.4, -0.2) is 42.1 Å². The second-order valence-electron chi connectivity index (χ2n) is 16.9. The Morgan fingerprint density at radius 3 is 1.48 bits per heavy atom. The molecule has 5 heterocycles. The predicted molar refractivity (Wildman–Crippen MR) is 245 cm³/mol. The number of rotatable bonds is 6. The Hall–Kier alpha value is -8.18. The van der Waals surface area contributed by atoms with Crippen LogP contribution in [0.25, 0.3) is 33.4 Å². The van der Waals surface area contributed by atoms with E-state index in [4.69, 9.17) is 19.9 Å². The molecular weight excluding hydrogens is 769 g/mol. The summed E-state index contributed by atoms with van der Waals surface area (Å²) in [6.45, 7) is 0. The first kappa shape index (κ1) is 35.6. The third-order valence-electron chi connectivity index (χ3n) is 14.1. The summed E-state index contributed by atoms with van der Waals surface area (Å²) >= 11 is 0. The molecule has 294 valence electrons. The number of fused-ring (bicyclic) bond motifs is 9. The fraction of sp³-hybridized carbons (Fsp3) is 0.0702. The molecule has 9 aromatic rings. The first-order valence-corrected chi connectivity index (χ1v) is 21.4. The first-order chi connectivity index (χ1) is 31.2. The molecule has 4 aliphatic rings. The van der Waals surface area contributed by atoms with Crippen LogP contribution >= 0.6 is 0 Å². The number of benzene rings is 5. The van der Waals surface area contributed by atoms with Gasteiger partial charge in [0.25, 0.3) is 5.54 Å². The quantitative estimate of drug-likeness (QED) is 0.157. The molecule has 6 heteroatoms. The van der Waals surface area contributed by atoms with Crippen LogP contribution in [0.15, 0.2) is 214 Å². The van der Waals surface area contributed by atoms with E-state index in [0.29, 0.717) is 0 Å². The molecule has 0 bridgehead atoms. The molecule has 3 aliphatic carbocycles. The van der Waals surface area contributed by atoms with Gasteiger partial charge in [0.05, 0.1) is 22.1 Å². The van der Waals surface area contributed by atoms with Gasteiger partial charge < -0.3 is 0 Å². The van der Waals surface area contributed by atoms with Gasteiger partial charge in [-0.15, -0.1) is 0 Å². The average molecular weight is 807 g/mol. The molecule has 6 nitrogen and oxygen atoms in total. The van der Waals surface area contributed by atoms with Crippen molar-refractivity contribution in [2.75, 3.05) is 7.05 Å². The number of pyridine rings is 4. The highest BCUT2D eigenvalue weighted by atomic mass is 15.2. The van der Waals surface area contributed by atoms with E-state index in [1.165, 1.54) is 50.1 Å². The SMILES string of the molecule is C[N+]1=C=[N+](C2(c3cccc(C4(c5cccc(C6(c7ccccn7)c7ccccc7-c7ccncc76)c5)c5ccccc5-c5ccncc54)c3)c3ccccc3-c3ccncc32)C=C1. The van der Waals surface area contributed by atoms with E-state index in [0.717, 1.165) is 44.6 Å². The maximum Gasteiger partial charge on any atom is 0.490 e. The minimum Gasteiger partial charge on any atom is -0.264 e. The molecule has 13 rings (SSSR count). The lowest BCUT2D eigenvalue weighted by molar-refractivity contribution is -0.533. The molecule has 0 radical (unpaired) electrons. The number of hydrogen-bond donors (Lipinski definition) is 0. The second-order valence-corrected chi connectivity index (χ2v) is 16.9. The van der Waals surface area contributed by atoms with Crippen LogP contribution in [0.1, 0.15) is 61.3 Å². The molecule has 1 aliphatic heterocycles. The van der Waals surface area contributed by atoms with E-state index >= 15 is 0 Å². The van der Waals surface area contributed by atoms with Crippen molar-refractivity contribution < 1.29 is 9.15 Å². The Morgan fingerprint density at radius 1 is 0.397 bits per heavy atom.